The SMILES string of the molecule is CC(N)(c1ccc(Cl)cc1)c1ccc(C(F)(F)F)cc1. The minimum atomic E-state index is -4.34. The van der Waals surface area contributed by atoms with Crippen molar-refractivity contribution in [3.8, 4) is 0 Å². The van der Waals surface area contributed by atoms with E-state index >= 15 is 0 Å². The van der Waals surface area contributed by atoms with Gasteiger partial charge in [-0.1, -0.05) is 35.9 Å². The molecule has 0 spiro atoms. The standard InChI is InChI=1S/C15H13ClF3N/c1-14(20,11-6-8-13(16)9-7-11)10-2-4-12(5-3-10)15(17,18)19/h2-9H,20H2,1H3. The van der Waals surface area contributed by atoms with E-state index in [0.717, 1.165) is 17.7 Å². The summed E-state index contributed by atoms with van der Waals surface area (Å²) in [6.45, 7) is 1.75. The van der Waals surface area contributed by atoms with Crippen molar-refractivity contribution in [2.24, 2.45) is 5.73 Å². The molecule has 0 bridgehead atoms. The third-order valence-electron chi connectivity index (χ3n) is 3.26. The van der Waals surface area contributed by atoms with Gasteiger partial charge in [-0.05, 0) is 42.3 Å². The Kier molecular flexibility index (Phi) is 3.80. The highest BCUT2D eigenvalue weighted by atomic mass is 35.5. The number of hydrogen-bond donors (Lipinski definition) is 1. The van der Waals surface area contributed by atoms with Gasteiger partial charge in [-0.3, -0.25) is 0 Å². The fourth-order valence-electron chi connectivity index (χ4n) is 1.97. The van der Waals surface area contributed by atoms with Crippen LogP contribution in [0.4, 0.5) is 13.2 Å². The molecule has 0 saturated heterocycles. The fraction of sp³-hybridized carbons (Fsp3) is 0.200. The van der Waals surface area contributed by atoms with Crippen LogP contribution in [0.5, 0.6) is 0 Å². The molecular weight excluding hydrogens is 287 g/mol. The molecule has 2 rings (SSSR count). The lowest BCUT2D eigenvalue weighted by Crippen LogP contribution is -2.34. The number of halogens is 4. The topological polar surface area (TPSA) is 26.0 Å². The Bertz CT molecular complexity index is 586. The average Bonchev–Trinajstić information content (AvgIpc) is 2.38. The monoisotopic (exact) mass is 299 g/mol. The molecule has 0 aliphatic heterocycles. The highest BCUT2D eigenvalue weighted by molar-refractivity contribution is 6.30. The summed E-state index contributed by atoms with van der Waals surface area (Å²) in [5, 5.41) is 0.581. The van der Waals surface area contributed by atoms with Crippen LogP contribution in [0.15, 0.2) is 48.5 Å². The van der Waals surface area contributed by atoms with Crippen molar-refractivity contribution in [3.05, 3.63) is 70.2 Å². The lowest BCUT2D eigenvalue weighted by molar-refractivity contribution is -0.137. The van der Waals surface area contributed by atoms with E-state index < -0.39 is 17.3 Å². The third-order valence-corrected chi connectivity index (χ3v) is 3.51. The molecule has 2 N–H and O–H groups in total. The minimum Gasteiger partial charge on any atom is -0.318 e. The fourth-order valence-corrected chi connectivity index (χ4v) is 2.09. The summed E-state index contributed by atoms with van der Waals surface area (Å²) in [5.41, 5.74) is 6.06. The summed E-state index contributed by atoms with van der Waals surface area (Å²) in [4.78, 5) is 0. The van der Waals surface area contributed by atoms with Crippen LogP contribution in [0.25, 0.3) is 0 Å². The van der Waals surface area contributed by atoms with Gasteiger partial charge in [0.05, 0.1) is 11.1 Å². The van der Waals surface area contributed by atoms with Gasteiger partial charge in [0.1, 0.15) is 0 Å². The molecule has 0 heterocycles. The van der Waals surface area contributed by atoms with E-state index in [1.165, 1.54) is 12.1 Å². The second kappa shape index (κ2) is 5.11. The molecule has 2 aromatic carbocycles. The molecule has 2 aromatic rings. The predicted octanol–water partition coefficient (Wildman–Crippen LogP) is 4.58. The summed E-state index contributed by atoms with van der Waals surface area (Å²) in [6, 6.07) is 11.8. The quantitative estimate of drug-likeness (QED) is 0.863. The van der Waals surface area contributed by atoms with Gasteiger partial charge in [0.25, 0.3) is 0 Å². The lowest BCUT2D eigenvalue weighted by atomic mass is 9.85. The zero-order chi connectivity index (χ0) is 15.0. The van der Waals surface area contributed by atoms with Crippen LogP contribution in [-0.2, 0) is 11.7 Å². The first kappa shape index (κ1) is 14.9. The van der Waals surface area contributed by atoms with Crippen LogP contribution >= 0.6 is 11.6 Å². The molecule has 0 amide bonds. The molecule has 0 aliphatic carbocycles. The lowest BCUT2D eigenvalue weighted by Gasteiger charge is -2.26. The van der Waals surface area contributed by atoms with Gasteiger partial charge in [0, 0.05) is 5.02 Å². The number of nitrogens with two attached hydrogens (primary N) is 1. The minimum absolute atomic E-state index is 0.581. The molecule has 1 unspecified atom stereocenters. The van der Waals surface area contributed by atoms with Crippen LogP contribution in [0.3, 0.4) is 0 Å². The maximum absolute atomic E-state index is 12.5. The zero-order valence-electron chi connectivity index (χ0n) is 10.7. The van der Waals surface area contributed by atoms with Crippen LogP contribution < -0.4 is 5.73 Å². The van der Waals surface area contributed by atoms with Gasteiger partial charge in [-0.15, -0.1) is 0 Å². The van der Waals surface area contributed by atoms with Gasteiger partial charge < -0.3 is 5.73 Å². The second-order valence-electron chi connectivity index (χ2n) is 4.78. The maximum atomic E-state index is 12.5. The number of rotatable bonds is 2. The van der Waals surface area contributed by atoms with Crippen molar-refractivity contribution in [2.45, 2.75) is 18.6 Å². The molecule has 1 atom stereocenters. The highest BCUT2D eigenvalue weighted by Crippen LogP contribution is 2.32. The Morgan fingerprint density at radius 2 is 1.15 bits per heavy atom. The summed E-state index contributed by atoms with van der Waals surface area (Å²) < 4.78 is 37.6. The van der Waals surface area contributed by atoms with Gasteiger partial charge in [-0.25, -0.2) is 0 Å². The largest absolute Gasteiger partial charge is 0.416 e. The van der Waals surface area contributed by atoms with Gasteiger partial charge in [0.2, 0.25) is 0 Å². The van der Waals surface area contributed by atoms with Crippen molar-refractivity contribution >= 4 is 11.6 Å². The smallest absolute Gasteiger partial charge is 0.318 e. The molecule has 106 valence electrons. The van der Waals surface area contributed by atoms with Crippen LogP contribution in [-0.4, -0.2) is 0 Å². The Morgan fingerprint density at radius 1 is 0.800 bits per heavy atom. The molecule has 1 nitrogen and oxygen atoms in total. The molecule has 0 saturated carbocycles. The van der Waals surface area contributed by atoms with Crippen LogP contribution in [0.1, 0.15) is 23.6 Å². The van der Waals surface area contributed by atoms with E-state index in [4.69, 9.17) is 17.3 Å². The second-order valence-corrected chi connectivity index (χ2v) is 5.22. The molecule has 0 radical (unpaired) electrons. The predicted molar refractivity (Wildman–Crippen MR) is 73.5 cm³/mol. The van der Waals surface area contributed by atoms with Gasteiger partial charge >= 0.3 is 6.18 Å². The number of alkyl halides is 3. The zero-order valence-corrected chi connectivity index (χ0v) is 11.5. The highest BCUT2D eigenvalue weighted by Gasteiger charge is 2.31. The van der Waals surface area contributed by atoms with Crippen molar-refractivity contribution < 1.29 is 13.2 Å². The van der Waals surface area contributed by atoms with E-state index in [0.29, 0.717) is 10.6 Å². The Balaban J connectivity index is 2.37. The van der Waals surface area contributed by atoms with Crippen LogP contribution in [0.2, 0.25) is 5.02 Å². The van der Waals surface area contributed by atoms with Gasteiger partial charge in [0.15, 0.2) is 0 Å². The van der Waals surface area contributed by atoms with Crippen molar-refractivity contribution in [1.29, 1.82) is 0 Å². The average molecular weight is 300 g/mol. The summed E-state index contributed by atoms with van der Waals surface area (Å²) in [6.07, 6.45) is -4.34. The molecule has 0 fully saturated rings. The summed E-state index contributed by atoms with van der Waals surface area (Å²) in [7, 11) is 0. The summed E-state index contributed by atoms with van der Waals surface area (Å²) in [5.74, 6) is 0. The molecular formula is C15H13ClF3N. The van der Waals surface area contributed by atoms with Gasteiger partial charge in [-0.2, -0.15) is 13.2 Å². The number of benzene rings is 2. The Labute approximate surface area is 120 Å². The van der Waals surface area contributed by atoms with Crippen LogP contribution in [0, 0.1) is 0 Å². The Hall–Kier alpha value is -1.52. The Morgan fingerprint density at radius 3 is 1.55 bits per heavy atom. The molecule has 0 aliphatic rings. The van der Waals surface area contributed by atoms with Crippen molar-refractivity contribution in [3.63, 3.8) is 0 Å². The number of hydrogen-bond acceptors (Lipinski definition) is 1. The normalized spacial score (nSPS) is 14.9. The first-order valence-corrected chi connectivity index (χ1v) is 6.32. The summed E-state index contributed by atoms with van der Waals surface area (Å²) >= 11 is 5.81. The maximum Gasteiger partial charge on any atom is 0.416 e. The first-order valence-electron chi connectivity index (χ1n) is 5.94. The first-order chi connectivity index (χ1) is 9.21. The molecule has 20 heavy (non-hydrogen) atoms. The van der Waals surface area contributed by atoms with Crippen molar-refractivity contribution in [2.75, 3.05) is 0 Å². The van der Waals surface area contributed by atoms with Crippen molar-refractivity contribution in [1.82, 2.24) is 0 Å². The van der Waals surface area contributed by atoms with E-state index in [9.17, 15) is 13.2 Å². The molecule has 0 aromatic heterocycles. The van der Waals surface area contributed by atoms with E-state index in [1.54, 1.807) is 31.2 Å². The van der Waals surface area contributed by atoms with E-state index in [2.05, 4.69) is 0 Å². The van der Waals surface area contributed by atoms with E-state index in [1.807, 2.05) is 0 Å². The third kappa shape index (κ3) is 2.97. The molecule has 5 heteroatoms. The van der Waals surface area contributed by atoms with E-state index in [-0.39, 0.29) is 0 Å².